The highest BCUT2D eigenvalue weighted by atomic mass is 16.5. The Labute approximate surface area is 173 Å². The minimum absolute atomic E-state index is 0.198. The van der Waals surface area contributed by atoms with Gasteiger partial charge in [-0.3, -0.25) is 9.89 Å². The first-order chi connectivity index (χ1) is 14.8. The smallest absolute Gasteiger partial charge is 0.257 e. The zero-order valence-electron chi connectivity index (χ0n) is 16.1. The molecule has 5 rings (SSSR count). The van der Waals surface area contributed by atoms with Crippen LogP contribution in [0, 0.1) is 0 Å². The number of nitrogens with one attached hydrogen (secondary N) is 2. The van der Waals surface area contributed by atoms with E-state index in [4.69, 9.17) is 4.74 Å². The number of benzene rings is 4. The third-order valence-electron chi connectivity index (χ3n) is 5.05. The summed E-state index contributed by atoms with van der Waals surface area (Å²) in [5.41, 5.74) is 2.53. The van der Waals surface area contributed by atoms with Crippen molar-refractivity contribution in [3.63, 3.8) is 0 Å². The Morgan fingerprint density at radius 1 is 0.867 bits per heavy atom. The number of aromatic nitrogens is 2. The van der Waals surface area contributed by atoms with Crippen molar-refractivity contribution in [2.45, 2.75) is 6.61 Å². The predicted molar refractivity (Wildman–Crippen MR) is 119 cm³/mol. The summed E-state index contributed by atoms with van der Waals surface area (Å²) in [5.74, 6) is 0.998. The molecule has 1 heterocycles. The van der Waals surface area contributed by atoms with Crippen LogP contribution in [0.25, 0.3) is 21.7 Å². The number of amides is 1. The van der Waals surface area contributed by atoms with Gasteiger partial charge in [0.15, 0.2) is 5.82 Å². The predicted octanol–water partition coefficient (Wildman–Crippen LogP) is 5.55. The fraction of sp³-hybridized carbons (Fsp3) is 0.0400. The third-order valence-corrected chi connectivity index (χ3v) is 5.05. The van der Waals surface area contributed by atoms with Gasteiger partial charge in [0.2, 0.25) is 0 Å². The molecule has 1 amide bonds. The monoisotopic (exact) mass is 393 g/mol. The molecule has 1 aromatic heterocycles. The Balaban J connectivity index is 1.41. The molecule has 5 nitrogen and oxygen atoms in total. The fourth-order valence-electron chi connectivity index (χ4n) is 3.52. The van der Waals surface area contributed by atoms with E-state index < -0.39 is 0 Å². The van der Waals surface area contributed by atoms with Gasteiger partial charge in [-0.25, -0.2) is 0 Å². The normalized spacial score (nSPS) is 10.9. The molecule has 0 saturated carbocycles. The van der Waals surface area contributed by atoms with Crippen molar-refractivity contribution in [1.82, 2.24) is 10.2 Å². The number of carbonyl (C=O) groups is 1. The van der Waals surface area contributed by atoms with Crippen LogP contribution in [0.5, 0.6) is 5.75 Å². The van der Waals surface area contributed by atoms with Crippen molar-refractivity contribution in [3.8, 4) is 5.75 Å². The molecule has 0 aliphatic carbocycles. The molecular formula is C25H19N3O2. The van der Waals surface area contributed by atoms with Crippen molar-refractivity contribution in [2.24, 2.45) is 0 Å². The lowest BCUT2D eigenvalue weighted by molar-refractivity contribution is 0.102. The number of ether oxygens (including phenoxy) is 1. The van der Waals surface area contributed by atoms with E-state index in [9.17, 15) is 4.79 Å². The fourth-order valence-corrected chi connectivity index (χ4v) is 3.52. The molecule has 0 aliphatic rings. The molecular weight excluding hydrogens is 374 g/mol. The minimum Gasteiger partial charge on any atom is -0.489 e. The topological polar surface area (TPSA) is 67.0 Å². The number of hydrogen-bond donors (Lipinski definition) is 2. The molecule has 2 N–H and O–H groups in total. The molecule has 30 heavy (non-hydrogen) atoms. The summed E-state index contributed by atoms with van der Waals surface area (Å²) in [7, 11) is 0. The average molecular weight is 393 g/mol. The summed E-state index contributed by atoms with van der Waals surface area (Å²) in [4.78, 5) is 13.0. The Kier molecular flexibility index (Phi) is 4.62. The SMILES string of the molecule is O=C(Nc1n[nH]c2ccc(OCc3ccccc3)cc12)c1cccc2ccccc12. The van der Waals surface area contributed by atoms with Gasteiger partial charge in [-0.15, -0.1) is 0 Å². The van der Waals surface area contributed by atoms with E-state index in [1.807, 2.05) is 91.0 Å². The van der Waals surface area contributed by atoms with Crippen LogP contribution < -0.4 is 10.1 Å². The van der Waals surface area contributed by atoms with Gasteiger partial charge in [-0.05, 0) is 40.6 Å². The third kappa shape index (κ3) is 3.49. The number of rotatable bonds is 5. The molecule has 0 saturated heterocycles. The summed E-state index contributed by atoms with van der Waals surface area (Å²) < 4.78 is 5.92. The van der Waals surface area contributed by atoms with Gasteiger partial charge in [0.05, 0.1) is 5.52 Å². The molecule has 0 spiro atoms. The van der Waals surface area contributed by atoms with Gasteiger partial charge in [-0.2, -0.15) is 5.10 Å². The van der Waals surface area contributed by atoms with Crippen LogP contribution in [0.2, 0.25) is 0 Å². The number of H-pyrrole nitrogens is 1. The summed E-state index contributed by atoms with van der Waals surface area (Å²) in [6.07, 6.45) is 0. The van der Waals surface area contributed by atoms with E-state index in [-0.39, 0.29) is 5.91 Å². The molecule has 4 aromatic carbocycles. The van der Waals surface area contributed by atoms with Gasteiger partial charge >= 0.3 is 0 Å². The molecule has 0 aliphatic heterocycles. The molecule has 0 unspecified atom stereocenters. The number of fused-ring (bicyclic) bond motifs is 2. The first kappa shape index (κ1) is 17.9. The maximum Gasteiger partial charge on any atom is 0.257 e. The quantitative estimate of drug-likeness (QED) is 0.411. The van der Waals surface area contributed by atoms with Crippen LogP contribution in [0.15, 0.2) is 91.0 Å². The zero-order valence-corrected chi connectivity index (χ0v) is 16.1. The first-order valence-corrected chi connectivity index (χ1v) is 9.72. The molecule has 5 heteroatoms. The van der Waals surface area contributed by atoms with E-state index in [2.05, 4.69) is 15.5 Å². The number of nitrogens with zero attached hydrogens (tertiary/aromatic N) is 1. The molecule has 0 bridgehead atoms. The molecule has 5 aromatic rings. The highest BCUT2D eigenvalue weighted by molar-refractivity contribution is 6.14. The highest BCUT2D eigenvalue weighted by Crippen LogP contribution is 2.27. The van der Waals surface area contributed by atoms with Gasteiger partial charge in [0, 0.05) is 10.9 Å². The lowest BCUT2D eigenvalue weighted by Gasteiger charge is -2.08. The molecule has 146 valence electrons. The average Bonchev–Trinajstić information content (AvgIpc) is 3.20. The van der Waals surface area contributed by atoms with E-state index >= 15 is 0 Å². The van der Waals surface area contributed by atoms with Crippen molar-refractivity contribution in [2.75, 3.05) is 5.32 Å². The van der Waals surface area contributed by atoms with Gasteiger partial charge < -0.3 is 10.1 Å². The van der Waals surface area contributed by atoms with Crippen LogP contribution in [-0.4, -0.2) is 16.1 Å². The standard InChI is InChI=1S/C25H19N3O2/c29-25(21-12-6-10-18-9-4-5-11-20(18)21)26-24-22-15-19(13-14-23(22)27-28-24)30-16-17-7-2-1-3-8-17/h1-15H,16H2,(H2,26,27,28,29). The second-order valence-electron chi connectivity index (χ2n) is 7.03. The van der Waals surface area contributed by atoms with Crippen LogP contribution in [-0.2, 0) is 6.61 Å². The number of aromatic amines is 1. The second-order valence-corrected chi connectivity index (χ2v) is 7.03. The van der Waals surface area contributed by atoms with E-state index in [0.29, 0.717) is 23.7 Å². The van der Waals surface area contributed by atoms with Crippen LogP contribution in [0.3, 0.4) is 0 Å². The van der Waals surface area contributed by atoms with Crippen LogP contribution >= 0.6 is 0 Å². The Morgan fingerprint density at radius 2 is 1.67 bits per heavy atom. The second kappa shape index (κ2) is 7.72. The lowest BCUT2D eigenvalue weighted by Crippen LogP contribution is -2.12. The summed E-state index contributed by atoms with van der Waals surface area (Å²) >= 11 is 0. The number of carbonyl (C=O) groups excluding carboxylic acids is 1. The van der Waals surface area contributed by atoms with E-state index in [1.165, 1.54) is 0 Å². The van der Waals surface area contributed by atoms with Gasteiger partial charge in [-0.1, -0.05) is 66.7 Å². The van der Waals surface area contributed by atoms with Gasteiger partial charge in [0.1, 0.15) is 12.4 Å². The maximum absolute atomic E-state index is 13.0. The lowest BCUT2D eigenvalue weighted by atomic mass is 10.0. The largest absolute Gasteiger partial charge is 0.489 e. The van der Waals surface area contributed by atoms with Crippen LogP contribution in [0.1, 0.15) is 15.9 Å². The maximum atomic E-state index is 13.0. The van der Waals surface area contributed by atoms with Gasteiger partial charge in [0.25, 0.3) is 5.91 Å². The Bertz CT molecular complexity index is 1340. The zero-order chi connectivity index (χ0) is 20.3. The minimum atomic E-state index is -0.198. The van der Waals surface area contributed by atoms with Crippen molar-refractivity contribution < 1.29 is 9.53 Å². The molecule has 0 radical (unpaired) electrons. The molecule has 0 fully saturated rings. The number of hydrogen-bond acceptors (Lipinski definition) is 3. The van der Waals surface area contributed by atoms with Crippen molar-refractivity contribution in [3.05, 3.63) is 102 Å². The summed E-state index contributed by atoms with van der Waals surface area (Å²) in [5, 5.41) is 12.9. The van der Waals surface area contributed by atoms with Crippen LogP contribution in [0.4, 0.5) is 5.82 Å². The van der Waals surface area contributed by atoms with Crippen molar-refractivity contribution in [1.29, 1.82) is 0 Å². The highest BCUT2D eigenvalue weighted by Gasteiger charge is 2.14. The van der Waals surface area contributed by atoms with Crippen molar-refractivity contribution >= 4 is 33.4 Å². The first-order valence-electron chi connectivity index (χ1n) is 9.72. The number of anilines is 1. The summed E-state index contributed by atoms with van der Waals surface area (Å²) in [6.45, 7) is 0.474. The molecule has 0 atom stereocenters. The van der Waals surface area contributed by atoms with E-state index in [0.717, 1.165) is 27.2 Å². The Morgan fingerprint density at radius 3 is 2.57 bits per heavy atom. The Hall–Kier alpha value is -4.12. The van der Waals surface area contributed by atoms with E-state index in [1.54, 1.807) is 0 Å². The summed E-state index contributed by atoms with van der Waals surface area (Å²) in [6, 6.07) is 29.2.